The molecule has 2 N–H and O–H groups in total. The average Bonchev–Trinajstić information content (AvgIpc) is 3.44. The number of benzene rings is 3. The molecule has 1 fully saturated rings. The molecule has 0 aliphatic carbocycles. The first-order valence-corrected chi connectivity index (χ1v) is 12.7. The van der Waals surface area contributed by atoms with Gasteiger partial charge in [0.1, 0.15) is 17.3 Å². The smallest absolute Gasteiger partial charge is 0.300 e. The monoisotopic (exact) mass is 510 g/mol. The Hall–Kier alpha value is -4.52. The number of carbonyl (C=O) groups excluding carboxylic acids is 2. The van der Waals surface area contributed by atoms with Crippen LogP contribution in [0.3, 0.4) is 0 Å². The predicted molar refractivity (Wildman–Crippen MR) is 148 cm³/mol. The maximum absolute atomic E-state index is 13.5. The average molecular weight is 511 g/mol. The van der Waals surface area contributed by atoms with Gasteiger partial charge in [0, 0.05) is 33.9 Å². The van der Waals surface area contributed by atoms with Gasteiger partial charge in [0.25, 0.3) is 11.7 Å². The summed E-state index contributed by atoms with van der Waals surface area (Å²) in [5.74, 6) is -0.323. The predicted octanol–water partition coefficient (Wildman–Crippen LogP) is 6.29. The number of carbonyl (C=O) groups is 2. The second kappa shape index (κ2) is 10.1. The van der Waals surface area contributed by atoms with Crippen LogP contribution in [0.5, 0.6) is 11.5 Å². The van der Waals surface area contributed by atoms with Gasteiger partial charge in [-0.3, -0.25) is 14.5 Å². The molecule has 1 aliphatic heterocycles. The summed E-state index contributed by atoms with van der Waals surface area (Å²) < 4.78 is 11.4. The number of nitrogens with one attached hydrogen (secondary N) is 1. The highest BCUT2D eigenvalue weighted by Crippen LogP contribution is 2.44. The molecular weight excluding hydrogens is 480 g/mol. The molecule has 7 nitrogen and oxygen atoms in total. The summed E-state index contributed by atoms with van der Waals surface area (Å²) in [6.45, 7) is 8.17. The largest absolute Gasteiger partial charge is 0.507 e. The summed E-state index contributed by atoms with van der Waals surface area (Å²) in [6, 6.07) is 19.1. The number of para-hydroxylation sites is 1. The molecule has 3 aromatic carbocycles. The second-order valence-corrected chi connectivity index (χ2v) is 9.53. The number of ether oxygens (including phenoxy) is 2. The lowest BCUT2D eigenvalue weighted by Gasteiger charge is -2.25. The number of hydrogen-bond acceptors (Lipinski definition) is 5. The number of ketones is 1. The van der Waals surface area contributed by atoms with E-state index in [0.29, 0.717) is 34.9 Å². The van der Waals surface area contributed by atoms with Gasteiger partial charge in [-0.25, -0.2) is 0 Å². The van der Waals surface area contributed by atoms with E-state index >= 15 is 0 Å². The molecule has 1 aliphatic rings. The minimum Gasteiger partial charge on any atom is -0.507 e. The van der Waals surface area contributed by atoms with Crippen LogP contribution in [-0.4, -0.2) is 34.5 Å². The van der Waals surface area contributed by atoms with E-state index in [4.69, 9.17) is 9.47 Å². The highest BCUT2D eigenvalue weighted by Gasteiger charge is 2.47. The Bertz CT molecular complexity index is 1550. The third-order valence-electron chi connectivity index (χ3n) is 6.60. The molecule has 38 heavy (non-hydrogen) atoms. The Morgan fingerprint density at radius 2 is 1.79 bits per heavy atom. The van der Waals surface area contributed by atoms with Crippen molar-refractivity contribution in [2.75, 3.05) is 11.5 Å². The van der Waals surface area contributed by atoms with E-state index in [1.807, 2.05) is 52.0 Å². The van der Waals surface area contributed by atoms with Crippen molar-refractivity contribution in [1.29, 1.82) is 0 Å². The Kier molecular flexibility index (Phi) is 6.68. The Morgan fingerprint density at radius 1 is 1.05 bits per heavy atom. The first-order chi connectivity index (χ1) is 18.3. The fourth-order valence-corrected chi connectivity index (χ4v) is 4.92. The Morgan fingerprint density at radius 3 is 2.47 bits per heavy atom. The van der Waals surface area contributed by atoms with Gasteiger partial charge >= 0.3 is 0 Å². The van der Waals surface area contributed by atoms with Crippen molar-refractivity contribution in [2.24, 2.45) is 0 Å². The third kappa shape index (κ3) is 4.41. The summed E-state index contributed by atoms with van der Waals surface area (Å²) in [6.07, 6.45) is 1.79. The number of hydrogen-bond donors (Lipinski definition) is 2. The molecule has 7 heteroatoms. The zero-order valence-electron chi connectivity index (χ0n) is 21.8. The SMILES string of the molecule is CCOc1ccc(N2C(=O)C(=O)/C(=C(/O)c3ccc(OC(C)C)c(C)c3)C2c2c[nH]c3ccccc23)cc1. The van der Waals surface area contributed by atoms with Crippen molar-refractivity contribution in [3.8, 4) is 11.5 Å². The van der Waals surface area contributed by atoms with E-state index < -0.39 is 17.7 Å². The lowest BCUT2D eigenvalue weighted by atomic mass is 9.94. The zero-order chi connectivity index (χ0) is 27.0. The van der Waals surface area contributed by atoms with Crippen LogP contribution in [0, 0.1) is 6.92 Å². The fraction of sp³-hybridized carbons (Fsp3) is 0.226. The number of aromatic amines is 1. The quantitative estimate of drug-likeness (QED) is 0.173. The Labute approximate surface area is 221 Å². The molecule has 5 rings (SSSR count). The van der Waals surface area contributed by atoms with E-state index in [1.54, 1.807) is 48.7 Å². The number of H-pyrrole nitrogens is 1. The van der Waals surface area contributed by atoms with Crippen LogP contribution in [0.2, 0.25) is 0 Å². The number of Topliss-reactive ketones (excluding diaryl/α,β-unsaturated/α-hetero) is 1. The van der Waals surface area contributed by atoms with Gasteiger partial charge < -0.3 is 19.6 Å². The van der Waals surface area contributed by atoms with Crippen LogP contribution >= 0.6 is 0 Å². The van der Waals surface area contributed by atoms with E-state index in [9.17, 15) is 14.7 Å². The molecule has 1 unspecified atom stereocenters. The van der Waals surface area contributed by atoms with Crippen molar-refractivity contribution in [1.82, 2.24) is 4.98 Å². The molecule has 4 aromatic rings. The third-order valence-corrected chi connectivity index (χ3v) is 6.60. The molecule has 1 amide bonds. The number of aliphatic hydroxyl groups excluding tert-OH is 1. The molecule has 0 spiro atoms. The van der Waals surface area contributed by atoms with Gasteiger partial charge in [-0.1, -0.05) is 18.2 Å². The summed E-state index contributed by atoms with van der Waals surface area (Å²) in [7, 11) is 0. The molecule has 2 heterocycles. The second-order valence-electron chi connectivity index (χ2n) is 9.53. The van der Waals surface area contributed by atoms with Crippen LogP contribution in [0.15, 0.2) is 78.5 Å². The van der Waals surface area contributed by atoms with Gasteiger partial charge in [-0.15, -0.1) is 0 Å². The molecule has 1 aromatic heterocycles. The summed E-state index contributed by atoms with van der Waals surface area (Å²) in [4.78, 5) is 31.7. The minimum absolute atomic E-state index is 0.00513. The van der Waals surface area contributed by atoms with Crippen LogP contribution in [0.1, 0.15) is 43.5 Å². The van der Waals surface area contributed by atoms with E-state index in [2.05, 4.69) is 4.98 Å². The molecule has 0 bridgehead atoms. The number of aryl methyl sites for hydroxylation is 1. The first kappa shape index (κ1) is 25.1. The van der Waals surface area contributed by atoms with E-state index in [0.717, 1.165) is 16.5 Å². The summed E-state index contributed by atoms with van der Waals surface area (Å²) in [5, 5.41) is 12.4. The van der Waals surface area contributed by atoms with E-state index in [-0.39, 0.29) is 17.4 Å². The van der Waals surface area contributed by atoms with Gasteiger partial charge in [-0.05, 0) is 81.8 Å². The lowest BCUT2D eigenvalue weighted by molar-refractivity contribution is -0.132. The number of fused-ring (bicyclic) bond motifs is 1. The fourth-order valence-electron chi connectivity index (χ4n) is 4.92. The van der Waals surface area contributed by atoms with E-state index in [1.165, 1.54) is 4.90 Å². The standard InChI is InChI=1S/C31H30N2O5/c1-5-37-22-13-11-21(12-14-22)33-28(24-17-32-25-9-7-6-8-23(24)25)27(30(35)31(33)36)29(34)20-10-15-26(19(4)16-20)38-18(2)3/h6-18,28,32,34H,5H2,1-4H3/b29-27+. The van der Waals surface area contributed by atoms with Gasteiger partial charge in [0.2, 0.25) is 0 Å². The van der Waals surface area contributed by atoms with Crippen molar-refractivity contribution in [3.05, 3.63) is 95.2 Å². The summed E-state index contributed by atoms with van der Waals surface area (Å²) >= 11 is 0. The topological polar surface area (TPSA) is 91.9 Å². The molecule has 0 saturated carbocycles. The number of aliphatic hydroxyl groups is 1. The number of aromatic nitrogens is 1. The van der Waals surface area contributed by atoms with Crippen LogP contribution < -0.4 is 14.4 Å². The van der Waals surface area contributed by atoms with Crippen LogP contribution in [0.4, 0.5) is 5.69 Å². The number of rotatable bonds is 7. The number of nitrogens with zero attached hydrogens (tertiary/aromatic N) is 1. The molecule has 1 atom stereocenters. The van der Waals surface area contributed by atoms with Crippen LogP contribution in [0.25, 0.3) is 16.7 Å². The van der Waals surface area contributed by atoms with Crippen molar-refractivity contribution in [3.63, 3.8) is 0 Å². The van der Waals surface area contributed by atoms with Crippen LogP contribution in [-0.2, 0) is 9.59 Å². The highest BCUT2D eigenvalue weighted by molar-refractivity contribution is 6.51. The molecular formula is C31H30N2O5. The maximum Gasteiger partial charge on any atom is 0.300 e. The van der Waals surface area contributed by atoms with Crippen molar-refractivity contribution in [2.45, 2.75) is 39.8 Å². The first-order valence-electron chi connectivity index (χ1n) is 12.7. The van der Waals surface area contributed by atoms with Gasteiger partial charge in [0.05, 0.1) is 24.3 Å². The number of amides is 1. The molecule has 0 radical (unpaired) electrons. The minimum atomic E-state index is -0.837. The molecule has 194 valence electrons. The normalized spacial score (nSPS) is 17.0. The zero-order valence-corrected chi connectivity index (χ0v) is 21.8. The molecule has 1 saturated heterocycles. The Balaban J connectivity index is 1.69. The van der Waals surface area contributed by atoms with Crippen molar-refractivity contribution < 1.29 is 24.2 Å². The van der Waals surface area contributed by atoms with Gasteiger partial charge in [0.15, 0.2) is 0 Å². The lowest BCUT2D eigenvalue weighted by Crippen LogP contribution is -2.29. The summed E-state index contributed by atoms with van der Waals surface area (Å²) in [5.41, 5.74) is 3.39. The number of anilines is 1. The highest BCUT2D eigenvalue weighted by atomic mass is 16.5. The van der Waals surface area contributed by atoms with Gasteiger partial charge in [-0.2, -0.15) is 0 Å². The van der Waals surface area contributed by atoms with Crippen molar-refractivity contribution >= 4 is 34.0 Å². The maximum atomic E-state index is 13.5.